The molecule has 3 nitrogen and oxygen atoms in total. The van der Waals surface area contributed by atoms with Crippen molar-refractivity contribution in [3.63, 3.8) is 0 Å². The van der Waals surface area contributed by atoms with Crippen LogP contribution in [0.1, 0.15) is 32.8 Å². The summed E-state index contributed by atoms with van der Waals surface area (Å²) >= 11 is 0. The van der Waals surface area contributed by atoms with Gasteiger partial charge in [0.05, 0.1) is 0 Å². The Bertz CT molecular complexity index is 445. The van der Waals surface area contributed by atoms with Crippen molar-refractivity contribution in [2.24, 2.45) is 11.8 Å². The fourth-order valence-electron chi connectivity index (χ4n) is 2.97. The molecule has 1 aromatic carbocycles. The highest BCUT2D eigenvalue weighted by Crippen LogP contribution is 2.22. The second-order valence-electron chi connectivity index (χ2n) is 6.26. The summed E-state index contributed by atoms with van der Waals surface area (Å²) in [5, 5.41) is 0. The van der Waals surface area contributed by atoms with Crippen molar-refractivity contribution in [1.29, 1.82) is 0 Å². The summed E-state index contributed by atoms with van der Waals surface area (Å²) in [6, 6.07) is 7.83. The summed E-state index contributed by atoms with van der Waals surface area (Å²) in [5.74, 6) is 2.02. The molecule has 0 unspecified atom stereocenters. The fraction of sp³-hybridized carbons (Fsp3) is 0.588. The van der Waals surface area contributed by atoms with Crippen LogP contribution in [0.2, 0.25) is 0 Å². The van der Waals surface area contributed by atoms with Crippen molar-refractivity contribution in [1.82, 2.24) is 4.90 Å². The predicted molar refractivity (Wildman–Crippen MR) is 80.8 cm³/mol. The molecule has 1 saturated heterocycles. The molecule has 1 aliphatic heterocycles. The fourth-order valence-corrected chi connectivity index (χ4v) is 2.97. The number of carbonyl (C=O) groups is 1. The molecule has 0 saturated carbocycles. The Balaban J connectivity index is 1.96. The Morgan fingerprint density at radius 1 is 1.20 bits per heavy atom. The van der Waals surface area contributed by atoms with Gasteiger partial charge in [-0.05, 0) is 44.2 Å². The molecule has 0 aromatic heterocycles. The normalized spacial score (nSPS) is 24.3. The van der Waals surface area contributed by atoms with Crippen LogP contribution >= 0.6 is 0 Å². The van der Waals surface area contributed by atoms with Crippen LogP contribution in [-0.4, -0.2) is 30.0 Å². The van der Waals surface area contributed by atoms with Gasteiger partial charge in [-0.3, -0.25) is 4.79 Å². The minimum absolute atomic E-state index is 0.101. The maximum absolute atomic E-state index is 12.5. The third kappa shape index (κ3) is 3.75. The van der Waals surface area contributed by atoms with Crippen LogP contribution in [0.25, 0.3) is 0 Å². The molecular weight excluding hydrogens is 250 g/mol. The van der Waals surface area contributed by atoms with Gasteiger partial charge in [0, 0.05) is 13.1 Å². The lowest BCUT2D eigenvalue weighted by atomic mass is 9.91. The first-order chi connectivity index (χ1) is 9.45. The molecule has 0 N–H and O–H groups in total. The molecule has 1 aromatic rings. The lowest BCUT2D eigenvalue weighted by molar-refractivity contribution is -0.140. The van der Waals surface area contributed by atoms with E-state index in [4.69, 9.17) is 4.74 Å². The Labute approximate surface area is 121 Å². The molecule has 3 heteroatoms. The number of amides is 1. The lowest BCUT2D eigenvalue weighted by Crippen LogP contribution is -2.47. The molecule has 1 heterocycles. The van der Waals surface area contributed by atoms with Gasteiger partial charge in [0.1, 0.15) is 5.75 Å². The summed E-state index contributed by atoms with van der Waals surface area (Å²) < 4.78 is 5.76. The zero-order chi connectivity index (χ0) is 14.7. The minimum atomic E-state index is -0.421. The van der Waals surface area contributed by atoms with Gasteiger partial charge in [-0.15, -0.1) is 0 Å². The van der Waals surface area contributed by atoms with Crippen molar-refractivity contribution >= 4 is 5.91 Å². The van der Waals surface area contributed by atoms with E-state index in [-0.39, 0.29) is 5.91 Å². The topological polar surface area (TPSA) is 29.5 Å². The van der Waals surface area contributed by atoms with Gasteiger partial charge >= 0.3 is 0 Å². The second-order valence-corrected chi connectivity index (χ2v) is 6.26. The molecule has 0 radical (unpaired) electrons. The van der Waals surface area contributed by atoms with Crippen molar-refractivity contribution in [3.8, 4) is 5.75 Å². The molecule has 0 spiro atoms. The van der Waals surface area contributed by atoms with Gasteiger partial charge in [-0.1, -0.05) is 31.5 Å². The molecule has 2 rings (SSSR count). The maximum atomic E-state index is 12.5. The van der Waals surface area contributed by atoms with E-state index in [0.717, 1.165) is 18.8 Å². The van der Waals surface area contributed by atoms with Crippen LogP contribution in [0.3, 0.4) is 0 Å². The standard InChI is InChI=1S/C17H25NO2/c1-12-5-7-16(8-6-12)20-15(4)17(19)18-10-13(2)9-14(3)11-18/h5-8,13-15H,9-11H2,1-4H3/t13-,14-,15+/m1/s1. The van der Waals surface area contributed by atoms with Crippen molar-refractivity contribution < 1.29 is 9.53 Å². The highest BCUT2D eigenvalue weighted by Gasteiger charge is 2.29. The molecule has 0 bridgehead atoms. The Morgan fingerprint density at radius 3 is 2.30 bits per heavy atom. The number of carbonyl (C=O) groups excluding carboxylic acids is 1. The van der Waals surface area contributed by atoms with E-state index in [0.29, 0.717) is 11.8 Å². The number of hydrogen-bond acceptors (Lipinski definition) is 2. The van der Waals surface area contributed by atoms with E-state index in [1.54, 1.807) is 0 Å². The largest absolute Gasteiger partial charge is 0.481 e. The zero-order valence-electron chi connectivity index (χ0n) is 12.9. The number of aryl methyl sites for hydroxylation is 1. The Kier molecular flexibility index (Phi) is 4.69. The van der Waals surface area contributed by atoms with Gasteiger partial charge in [0.25, 0.3) is 5.91 Å². The van der Waals surface area contributed by atoms with Gasteiger partial charge in [-0.2, -0.15) is 0 Å². The van der Waals surface area contributed by atoms with Gasteiger partial charge in [-0.25, -0.2) is 0 Å². The summed E-state index contributed by atoms with van der Waals surface area (Å²) in [4.78, 5) is 14.4. The molecule has 1 amide bonds. The quantitative estimate of drug-likeness (QED) is 0.847. The first-order valence-electron chi connectivity index (χ1n) is 7.48. The van der Waals surface area contributed by atoms with E-state index in [9.17, 15) is 4.79 Å². The van der Waals surface area contributed by atoms with Crippen LogP contribution < -0.4 is 4.74 Å². The van der Waals surface area contributed by atoms with Crippen LogP contribution in [0, 0.1) is 18.8 Å². The first kappa shape index (κ1) is 14.9. The summed E-state index contributed by atoms with van der Waals surface area (Å²) in [6.07, 6.45) is 0.784. The van der Waals surface area contributed by atoms with Crippen LogP contribution in [0.15, 0.2) is 24.3 Å². The second kappa shape index (κ2) is 6.29. The summed E-state index contributed by atoms with van der Waals surface area (Å²) in [6.45, 7) is 10.00. The summed E-state index contributed by atoms with van der Waals surface area (Å²) in [5.41, 5.74) is 1.19. The summed E-state index contributed by atoms with van der Waals surface area (Å²) in [7, 11) is 0. The first-order valence-corrected chi connectivity index (χ1v) is 7.48. The Hall–Kier alpha value is -1.51. The molecule has 20 heavy (non-hydrogen) atoms. The maximum Gasteiger partial charge on any atom is 0.263 e. The van der Waals surface area contributed by atoms with Crippen LogP contribution in [0.4, 0.5) is 0 Å². The zero-order valence-corrected chi connectivity index (χ0v) is 12.9. The van der Waals surface area contributed by atoms with Crippen LogP contribution in [-0.2, 0) is 4.79 Å². The molecule has 1 aliphatic rings. The highest BCUT2D eigenvalue weighted by molar-refractivity contribution is 5.81. The number of nitrogens with zero attached hydrogens (tertiary/aromatic N) is 1. The van der Waals surface area contributed by atoms with Gasteiger partial charge in [0.2, 0.25) is 0 Å². The molecule has 110 valence electrons. The average molecular weight is 275 g/mol. The van der Waals surface area contributed by atoms with Gasteiger partial charge in [0.15, 0.2) is 6.10 Å². The molecular formula is C17H25NO2. The molecule has 0 aliphatic carbocycles. The average Bonchev–Trinajstić information content (AvgIpc) is 2.39. The number of hydrogen-bond donors (Lipinski definition) is 0. The number of ether oxygens (including phenoxy) is 1. The molecule has 1 fully saturated rings. The van der Waals surface area contributed by atoms with Crippen molar-refractivity contribution in [2.75, 3.05) is 13.1 Å². The smallest absolute Gasteiger partial charge is 0.263 e. The number of benzene rings is 1. The SMILES string of the molecule is Cc1ccc(O[C@@H](C)C(=O)N2C[C@H](C)C[C@@H](C)C2)cc1. The third-order valence-electron chi connectivity index (χ3n) is 3.86. The Morgan fingerprint density at radius 2 is 1.75 bits per heavy atom. The number of likely N-dealkylation sites (tertiary alicyclic amines) is 1. The van der Waals surface area contributed by atoms with Crippen molar-refractivity contribution in [2.45, 2.75) is 40.2 Å². The minimum Gasteiger partial charge on any atom is -0.481 e. The van der Waals surface area contributed by atoms with Gasteiger partial charge < -0.3 is 9.64 Å². The number of piperidine rings is 1. The highest BCUT2D eigenvalue weighted by atomic mass is 16.5. The van der Waals surface area contributed by atoms with E-state index >= 15 is 0 Å². The lowest BCUT2D eigenvalue weighted by Gasteiger charge is -2.36. The van der Waals surface area contributed by atoms with Crippen LogP contribution in [0.5, 0.6) is 5.75 Å². The van der Waals surface area contributed by atoms with E-state index in [1.807, 2.05) is 43.0 Å². The van der Waals surface area contributed by atoms with E-state index in [2.05, 4.69) is 13.8 Å². The monoisotopic (exact) mass is 275 g/mol. The molecule has 3 atom stereocenters. The predicted octanol–water partition coefficient (Wildman–Crippen LogP) is 3.27. The van der Waals surface area contributed by atoms with E-state index in [1.165, 1.54) is 12.0 Å². The number of rotatable bonds is 3. The van der Waals surface area contributed by atoms with E-state index < -0.39 is 6.10 Å². The third-order valence-corrected chi connectivity index (χ3v) is 3.86. The van der Waals surface area contributed by atoms with Crippen molar-refractivity contribution in [3.05, 3.63) is 29.8 Å².